The fourth-order valence-corrected chi connectivity index (χ4v) is 2.01. The molecule has 1 heterocycles. The third kappa shape index (κ3) is 4.92. The molecule has 0 aliphatic carbocycles. The lowest BCUT2D eigenvalue weighted by Gasteiger charge is -2.09. The minimum Gasteiger partial charge on any atom is -0.395 e. The van der Waals surface area contributed by atoms with Gasteiger partial charge in [0.15, 0.2) is 0 Å². The summed E-state index contributed by atoms with van der Waals surface area (Å²) in [5, 5.41) is 13.9. The zero-order chi connectivity index (χ0) is 14.9. The standard InChI is InChI=1S/C15H20N4O2/c20-11-9-18-15(21)17-7-6-14-16-8-10-19(14)12-13-4-2-1-3-5-13/h1-5,8,10,20H,6-7,9,11-12H2,(H2,17,18,21). The quantitative estimate of drug-likeness (QED) is 0.704. The van der Waals surface area contributed by atoms with E-state index >= 15 is 0 Å². The molecule has 1 aromatic carbocycles. The highest BCUT2D eigenvalue weighted by molar-refractivity contribution is 5.73. The maximum Gasteiger partial charge on any atom is 0.314 e. The number of urea groups is 1. The lowest BCUT2D eigenvalue weighted by Crippen LogP contribution is -2.38. The van der Waals surface area contributed by atoms with Crippen molar-refractivity contribution in [1.82, 2.24) is 20.2 Å². The average Bonchev–Trinajstić information content (AvgIpc) is 2.93. The molecule has 0 aliphatic heterocycles. The van der Waals surface area contributed by atoms with Gasteiger partial charge in [0.05, 0.1) is 6.61 Å². The molecule has 0 unspecified atom stereocenters. The molecule has 0 spiro atoms. The van der Waals surface area contributed by atoms with Crippen LogP contribution in [0.4, 0.5) is 4.79 Å². The largest absolute Gasteiger partial charge is 0.395 e. The number of nitrogens with zero attached hydrogens (tertiary/aromatic N) is 2. The number of carbonyl (C=O) groups excluding carboxylic acids is 1. The molecule has 1 aromatic heterocycles. The number of benzene rings is 1. The normalized spacial score (nSPS) is 10.3. The summed E-state index contributed by atoms with van der Waals surface area (Å²) in [6.07, 6.45) is 4.37. The van der Waals surface area contributed by atoms with Gasteiger partial charge in [-0.15, -0.1) is 0 Å². The van der Waals surface area contributed by atoms with Crippen LogP contribution in [0.5, 0.6) is 0 Å². The lowest BCUT2D eigenvalue weighted by molar-refractivity contribution is 0.234. The minimum absolute atomic E-state index is 0.0606. The highest BCUT2D eigenvalue weighted by atomic mass is 16.3. The number of aliphatic hydroxyl groups excluding tert-OH is 1. The van der Waals surface area contributed by atoms with Crippen LogP contribution in [0.2, 0.25) is 0 Å². The van der Waals surface area contributed by atoms with Crippen LogP contribution in [0.15, 0.2) is 42.7 Å². The first-order valence-electron chi connectivity index (χ1n) is 6.96. The van der Waals surface area contributed by atoms with Crippen LogP contribution in [-0.2, 0) is 13.0 Å². The Morgan fingerprint density at radius 1 is 1.19 bits per heavy atom. The molecule has 0 aliphatic rings. The van der Waals surface area contributed by atoms with E-state index in [9.17, 15) is 4.79 Å². The maximum absolute atomic E-state index is 11.3. The van der Waals surface area contributed by atoms with E-state index in [1.165, 1.54) is 5.56 Å². The summed E-state index contributed by atoms with van der Waals surface area (Å²) < 4.78 is 2.07. The molecule has 0 radical (unpaired) electrons. The third-order valence-corrected chi connectivity index (χ3v) is 3.03. The zero-order valence-electron chi connectivity index (χ0n) is 11.8. The second-order valence-electron chi connectivity index (χ2n) is 4.61. The van der Waals surface area contributed by atoms with Crippen LogP contribution < -0.4 is 10.6 Å². The van der Waals surface area contributed by atoms with Crippen molar-refractivity contribution in [2.45, 2.75) is 13.0 Å². The number of rotatable bonds is 7. The fraction of sp³-hybridized carbons (Fsp3) is 0.333. The van der Waals surface area contributed by atoms with Crippen LogP contribution in [0.1, 0.15) is 11.4 Å². The number of aromatic nitrogens is 2. The number of hydrogen-bond donors (Lipinski definition) is 3. The van der Waals surface area contributed by atoms with Crippen LogP contribution in [0.25, 0.3) is 0 Å². The lowest BCUT2D eigenvalue weighted by atomic mass is 10.2. The van der Waals surface area contributed by atoms with Gasteiger partial charge in [0, 0.05) is 38.4 Å². The van der Waals surface area contributed by atoms with Crippen LogP contribution >= 0.6 is 0 Å². The average molecular weight is 288 g/mol. The zero-order valence-corrected chi connectivity index (χ0v) is 11.8. The van der Waals surface area contributed by atoms with Crippen molar-refractivity contribution >= 4 is 6.03 Å². The number of amides is 2. The Morgan fingerprint density at radius 2 is 1.95 bits per heavy atom. The van der Waals surface area contributed by atoms with Crippen molar-refractivity contribution in [3.63, 3.8) is 0 Å². The van der Waals surface area contributed by atoms with Crippen molar-refractivity contribution in [2.75, 3.05) is 19.7 Å². The topological polar surface area (TPSA) is 79.2 Å². The maximum atomic E-state index is 11.3. The van der Waals surface area contributed by atoms with E-state index < -0.39 is 0 Å². The number of imidazole rings is 1. The smallest absolute Gasteiger partial charge is 0.314 e. The molecule has 6 heteroatoms. The molecular weight excluding hydrogens is 268 g/mol. The van der Waals surface area contributed by atoms with E-state index in [1.54, 1.807) is 6.20 Å². The molecule has 2 aromatic rings. The van der Waals surface area contributed by atoms with Gasteiger partial charge in [-0.3, -0.25) is 0 Å². The van der Waals surface area contributed by atoms with E-state index in [0.717, 1.165) is 12.4 Å². The molecule has 0 saturated heterocycles. The summed E-state index contributed by atoms with van der Waals surface area (Å²) in [5.41, 5.74) is 1.21. The van der Waals surface area contributed by atoms with Crippen LogP contribution in [0, 0.1) is 0 Å². The van der Waals surface area contributed by atoms with Crippen molar-refractivity contribution in [3.05, 3.63) is 54.1 Å². The summed E-state index contributed by atoms with van der Waals surface area (Å²) in [5.74, 6) is 0.932. The first-order valence-corrected chi connectivity index (χ1v) is 6.96. The Hall–Kier alpha value is -2.34. The second-order valence-corrected chi connectivity index (χ2v) is 4.61. The Kier molecular flexibility index (Phi) is 5.78. The van der Waals surface area contributed by atoms with Gasteiger partial charge in [-0.25, -0.2) is 9.78 Å². The first kappa shape index (κ1) is 15.1. The number of hydrogen-bond acceptors (Lipinski definition) is 3. The molecule has 0 fully saturated rings. The highest BCUT2D eigenvalue weighted by Gasteiger charge is 2.05. The number of carbonyl (C=O) groups is 1. The third-order valence-electron chi connectivity index (χ3n) is 3.03. The van der Waals surface area contributed by atoms with Crippen molar-refractivity contribution in [2.24, 2.45) is 0 Å². The van der Waals surface area contributed by atoms with Gasteiger partial charge in [0.2, 0.25) is 0 Å². The SMILES string of the molecule is O=C(NCCO)NCCc1nccn1Cc1ccccc1. The predicted molar refractivity (Wildman–Crippen MR) is 80.0 cm³/mol. The summed E-state index contributed by atoms with van der Waals surface area (Å²) in [6, 6.07) is 9.89. The van der Waals surface area contributed by atoms with Gasteiger partial charge in [0.25, 0.3) is 0 Å². The van der Waals surface area contributed by atoms with Gasteiger partial charge in [0.1, 0.15) is 5.82 Å². The van der Waals surface area contributed by atoms with E-state index in [4.69, 9.17) is 5.11 Å². The van der Waals surface area contributed by atoms with E-state index in [-0.39, 0.29) is 19.2 Å². The molecule has 2 rings (SSSR count). The molecule has 112 valence electrons. The monoisotopic (exact) mass is 288 g/mol. The van der Waals surface area contributed by atoms with Crippen LogP contribution in [0.3, 0.4) is 0 Å². The van der Waals surface area contributed by atoms with E-state index in [1.807, 2.05) is 24.4 Å². The Bertz CT molecular complexity index is 554. The molecular formula is C15H20N4O2. The van der Waals surface area contributed by atoms with Gasteiger partial charge in [-0.2, -0.15) is 0 Å². The predicted octanol–water partition coefficient (Wildman–Crippen LogP) is 0.765. The van der Waals surface area contributed by atoms with E-state index in [2.05, 4.69) is 32.3 Å². The fourth-order valence-electron chi connectivity index (χ4n) is 2.01. The molecule has 3 N–H and O–H groups in total. The van der Waals surface area contributed by atoms with E-state index in [0.29, 0.717) is 13.0 Å². The summed E-state index contributed by atoms with van der Waals surface area (Å²) in [7, 11) is 0. The molecule has 0 atom stereocenters. The highest BCUT2D eigenvalue weighted by Crippen LogP contribution is 2.05. The summed E-state index contributed by atoms with van der Waals surface area (Å²) in [6.45, 7) is 1.47. The van der Waals surface area contributed by atoms with Gasteiger partial charge < -0.3 is 20.3 Å². The Balaban J connectivity index is 1.82. The molecule has 21 heavy (non-hydrogen) atoms. The van der Waals surface area contributed by atoms with Crippen LogP contribution in [-0.4, -0.2) is 40.4 Å². The molecule has 0 bridgehead atoms. The summed E-state index contributed by atoms with van der Waals surface area (Å²) >= 11 is 0. The van der Waals surface area contributed by atoms with Gasteiger partial charge >= 0.3 is 6.03 Å². The van der Waals surface area contributed by atoms with Gasteiger partial charge in [-0.05, 0) is 5.56 Å². The van der Waals surface area contributed by atoms with Crippen molar-refractivity contribution in [1.29, 1.82) is 0 Å². The summed E-state index contributed by atoms with van der Waals surface area (Å²) in [4.78, 5) is 15.7. The molecule has 0 saturated carbocycles. The first-order chi connectivity index (χ1) is 10.3. The Morgan fingerprint density at radius 3 is 2.71 bits per heavy atom. The molecule has 2 amide bonds. The minimum atomic E-state index is -0.273. The number of aliphatic hydroxyl groups is 1. The Labute approximate surface area is 123 Å². The number of nitrogens with one attached hydrogen (secondary N) is 2. The molecule has 6 nitrogen and oxygen atoms in total. The van der Waals surface area contributed by atoms with Crippen molar-refractivity contribution in [3.8, 4) is 0 Å². The second kappa shape index (κ2) is 8.06. The van der Waals surface area contributed by atoms with Gasteiger partial charge in [-0.1, -0.05) is 30.3 Å². The van der Waals surface area contributed by atoms with Crippen molar-refractivity contribution < 1.29 is 9.90 Å².